The van der Waals surface area contributed by atoms with Crippen LogP contribution in [-0.2, 0) is 38.4 Å². The molecular formula is C34H62N10O10. The van der Waals surface area contributed by atoms with E-state index in [0.717, 1.165) is 0 Å². The van der Waals surface area contributed by atoms with Gasteiger partial charge in [0.2, 0.25) is 41.4 Å². The number of nitrogens with two attached hydrogens (primary N) is 2. The number of carboxylic acids is 1. The fourth-order valence-electron chi connectivity index (χ4n) is 5.02. The van der Waals surface area contributed by atoms with E-state index in [1.807, 2.05) is 6.92 Å². The predicted octanol–water partition coefficient (Wildman–Crippen LogP) is -2.68. The van der Waals surface area contributed by atoms with Gasteiger partial charge in [-0.1, -0.05) is 54.4 Å². The number of aliphatic hydroxyl groups excluding tert-OH is 1. The molecular weight excluding hydrogens is 708 g/mol. The summed E-state index contributed by atoms with van der Waals surface area (Å²) < 4.78 is 0. The SMILES string of the molecule is CCC(C)C(NC(=O)C(C)NC(C)=O)C(=O)NC(C(=O)NC(CC(C)C)C(=O)NC(CO)C(=O)NCC(=O)NC(CCCN=C(N)N)C(=O)O)C(C)CC. The zero-order chi connectivity index (χ0) is 41.7. The first kappa shape index (κ1) is 49.0. The molecule has 0 saturated carbocycles. The van der Waals surface area contributed by atoms with Crippen LogP contribution in [-0.4, -0.2) is 119 Å². The monoisotopic (exact) mass is 770 g/mol. The number of aliphatic hydroxyl groups is 1. The molecule has 7 amide bonds. The minimum Gasteiger partial charge on any atom is -0.480 e. The van der Waals surface area contributed by atoms with Crippen LogP contribution < -0.4 is 48.7 Å². The molecule has 0 radical (unpaired) electrons. The van der Waals surface area contributed by atoms with E-state index < -0.39 is 103 Å². The third kappa shape index (κ3) is 18.7. The van der Waals surface area contributed by atoms with Gasteiger partial charge < -0.3 is 58.9 Å². The molecule has 8 atom stereocenters. The lowest BCUT2D eigenvalue weighted by Gasteiger charge is -2.31. The maximum atomic E-state index is 13.7. The summed E-state index contributed by atoms with van der Waals surface area (Å²) in [5.74, 6) is -7.38. The lowest BCUT2D eigenvalue weighted by atomic mass is 9.94. The van der Waals surface area contributed by atoms with Crippen LogP contribution in [0.4, 0.5) is 0 Å². The van der Waals surface area contributed by atoms with Crippen LogP contribution in [0.5, 0.6) is 0 Å². The molecule has 13 N–H and O–H groups in total. The molecule has 0 aliphatic rings. The summed E-state index contributed by atoms with van der Waals surface area (Å²) in [6, 6.07) is -7.17. The first-order chi connectivity index (χ1) is 25.2. The standard InChI is InChI=1S/C34H62N10O10/c1-9-18(5)26(44-32(52)27(19(6)10-2)43-28(48)20(7)39-21(8)46)31(51)41-23(14-17(3)4)30(50)42-24(16-45)29(49)38-15-25(47)40-22(33(53)54)12-11-13-37-34(35)36/h17-20,22-24,26-27,45H,9-16H2,1-8H3,(H,38,49)(H,39,46)(H,40,47)(H,41,51)(H,42,50)(H,43,48)(H,44,52)(H,53,54)(H4,35,36,37). The van der Waals surface area contributed by atoms with Crippen LogP contribution in [0.1, 0.15) is 87.5 Å². The molecule has 0 aliphatic heterocycles. The number of hydrogen-bond acceptors (Lipinski definition) is 10. The van der Waals surface area contributed by atoms with Gasteiger partial charge in [0.15, 0.2) is 5.96 Å². The van der Waals surface area contributed by atoms with Crippen molar-refractivity contribution in [1.29, 1.82) is 0 Å². The van der Waals surface area contributed by atoms with Gasteiger partial charge in [-0.3, -0.25) is 38.6 Å². The van der Waals surface area contributed by atoms with E-state index in [1.54, 1.807) is 34.6 Å². The van der Waals surface area contributed by atoms with E-state index in [2.05, 4.69) is 42.2 Å². The van der Waals surface area contributed by atoms with Crippen molar-refractivity contribution >= 4 is 53.3 Å². The van der Waals surface area contributed by atoms with Crippen LogP contribution in [0, 0.1) is 17.8 Å². The molecule has 0 rings (SSSR count). The fraction of sp³-hybridized carbons (Fsp3) is 0.735. The predicted molar refractivity (Wildman–Crippen MR) is 199 cm³/mol. The molecule has 20 heteroatoms. The number of rotatable bonds is 25. The third-order valence-electron chi connectivity index (χ3n) is 8.56. The maximum Gasteiger partial charge on any atom is 0.326 e. The molecule has 0 heterocycles. The normalized spacial score (nSPS) is 15.4. The first-order valence-corrected chi connectivity index (χ1v) is 18.1. The van der Waals surface area contributed by atoms with Gasteiger partial charge in [0.05, 0.1) is 13.2 Å². The van der Waals surface area contributed by atoms with Gasteiger partial charge in [0.25, 0.3) is 0 Å². The highest BCUT2D eigenvalue weighted by molar-refractivity contribution is 5.97. The zero-order valence-corrected chi connectivity index (χ0v) is 32.6. The summed E-state index contributed by atoms with van der Waals surface area (Å²) in [4.78, 5) is 106. The Morgan fingerprint density at radius 2 is 1.19 bits per heavy atom. The molecule has 0 fully saturated rings. The van der Waals surface area contributed by atoms with Crippen molar-refractivity contribution in [2.45, 2.75) is 124 Å². The number of carbonyl (C=O) groups is 8. The molecule has 0 bridgehead atoms. The van der Waals surface area contributed by atoms with E-state index in [4.69, 9.17) is 11.5 Å². The Morgan fingerprint density at radius 3 is 1.65 bits per heavy atom. The van der Waals surface area contributed by atoms with E-state index in [0.29, 0.717) is 12.8 Å². The molecule has 0 aromatic heterocycles. The smallest absolute Gasteiger partial charge is 0.326 e. The van der Waals surface area contributed by atoms with Crippen LogP contribution in [0.2, 0.25) is 0 Å². The zero-order valence-electron chi connectivity index (χ0n) is 32.6. The number of nitrogens with zero attached hydrogens (tertiary/aromatic N) is 1. The molecule has 0 spiro atoms. The highest BCUT2D eigenvalue weighted by Gasteiger charge is 2.35. The number of nitrogens with one attached hydrogen (secondary N) is 7. The van der Waals surface area contributed by atoms with Gasteiger partial charge in [-0.25, -0.2) is 4.79 Å². The minimum absolute atomic E-state index is 0.000127. The van der Waals surface area contributed by atoms with Gasteiger partial charge in [0.1, 0.15) is 36.3 Å². The van der Waals surface area contributed by atoms with Gasteiger partial charge in [-0.05, 0) is 43.9 Å². The van der Waals surface area contributed by atoms with Crippen LogP contribution in [0.25, 0.3) is 0 Å². The Kier molecular flexibility index (Phi) is 22.8. The second kappa shape index (κ2) is 25.1. The number of carbonyl (C=O) groups excluding carboxylic acids is 7. The molecule has 20 nitrogen and oxygen atoms in total. The van der Waals surface area contributed by atoms with Crippen molar-refractivity contribution in [3.05, 3.63) is 0 Å². The summed E-state index contributed by atoms with van der Waals surface area (Å²) in [5.41, 5.74) is 10.5. The Hall–Kier alpha value is -5.01. The van der Waals surface area contributed by atoms with E-state index in [-0.39, 0.29) is 43.6 Å². The Balaban J connectivity index is 5.80. The molecule has 0 saturated heterocycles. The topological polar surface area (TPSA) is 326 Å². The van der Waals surface area contributed by atoms with Crippen LogP contribution in [0.15, 0.2) is 4.99 Å². The number of carboxylic acid groups (broad SMARTS) is 1. The third-order valence-corrected chi connectivity index (χ3v) is 8.56. The maximum absolute atomic E-state index is 13.7. The summed E-state index contributed by atoms with van der Waals surface area (Å²) in [6.45, 7) is 12.0. The number of hydrogen-bond donors (Lipinski definition) is 11. The van der Waals surface area contributed by atoms with Gasteiger partial charge in [-0.15, -0.1) is 0 Å². The quantitative estimate of drug-likeness (QED) is 0.0257. The Bertz CT molecular complexity index is 1320. The van der Waals surface area contributed by atoms with Crippen molar-refractivity contribution in [2.75, 3.05) is 19.7 Å². The molecule has 54 heavy (non-hydrogen) atoms. The number of aliphatic carboxylic acids is 1. The van der Waals surface area contributed by atoms with Crippen molar-refractivity contribution in [1.82, 2.24) is 37.2 Å². The highest BCUT2D eigenvalue weighted by atomic mass is 16.4. The highest BCUT2D eigenvalue weighted by Crippen LogP contribution is 2.14. The number of aliphatic imine (C=N–C) groups is 1. The van der Waals surface area contributed by atoms with Gasteiger partial charge >= 0.3 is 5.97 Å². The Morgan fingerprint density at radius 1 is 0.667 bits per heavy atom. The van der Waals surface area contributed by atoms with E-state index >= 15 is 0 Å². The molecule has 8 unspecified atom stereocenters. The van der Waals surface area contributed by atoms with Crippen LogP contribution in [0.3, 0.4) is 0 Å². The molecule has 0 aliphatic carbocycles. The fourth-order valence-corrected chi connectivity index (χ4v) is 5.02. The second-order valence-corrected chi connectivity index (χ2v) is 13.7. The first-order valence-electron chi connectivity index (χ1n) is 18.1. The summed E-state index contributed by atoms with van der Waals surface area (Å²) in [7, 11) is 0. The molecule has 0 aromatic rings. The summed E-state index contributed by atoms with van der Waals surface area (Å²) >= 11 is 0. The van der Waals surface area contributed by atoms with Crippen molar-refractivity contribution in [3.63, 3.8) is 0 Å². The Labute approximate surface area is 316 Å². The van der Waals surface area contributed by atoms with Gasteiger partial charge in [-0.2, -0.15) is 0 Å². The molecule has 308 valence electrons. The van der Waals surface area contributed by atoms with Crippen LogP contribution >= 0.6 is 0 Å². The van der Waals surface area contributed by atoms with Crippen molar-refractivity contribution < 1.29 is 48.6 Å². The van der Waals surface area contributed by atoms with Crippen molar-refractivity contribution in [3.8, 4) is 0 Å². The van der Waals surface area contributed by atoms with Crippen molar-refractivity contribution in [2.24, 2.45) is 34.2 Å². The average molecular weight is 771 g/mol. The van der Waals surface area contributed by atoms with Gasteiger partial charge in [0, 0.05) is 13.5 Å². The lowest BCUT2D eigenvalue weighted by Crippen LogP contribution is -2.61. The summed E-state index contributed by atoms with van der Waals surface area (Å²) in [6.07, 6.45) is 1.30. The summed E-state index contributed by atoms with van der Waals surface area (Å²) in [5, 5.41) is 36.7. The minimum atomic E-state index is -1.54. The largest absolute Gasteiger partial charge is 0.480 e. The lowest BCUT2D eigenvalue weighted by molar-refractivity contribution is -0.142. The van der Waals surface area contributed by atoms with E-state index in [1.165, 1.54) is 13.8 Å². The second-order valence-electron chi connectivity index (χ2n) is 13.7. The average Bonchev–Trinajstić information content (AvgIpc) is 3.09. The molecule has 0 aromatic carbocycles. The number of guanidine groups is 1. The van der Waals surface area contributed by atoms with E-state index in [9.17, 15) is 48.6 Å². The number of amides is 7.